The van der Waals surface area contributed by atoms with Gasteiger partial charge >= 0.3 is 0 Å². The molecule has 0 spiro atoms. The van der Waals surface area contributed by atoms with E-state index in [-0.39, 0.29) is 5.92 Å². The van der Waals surface area contributed by atoms with E-state index >= 15 is 0 Å². The Morgan fingerprint density at radius 2 is 1.75 bits per heavy atom. The maximum Gasteiger partial charge on any atom is 0.224 e. The molecule has 1 aliphatic carbocycles. The molecule has 4 heteroatoms. The van der Waals surface area contributed by atoms with Crippen LogP contribution in [0.3, 0.4) is 0 Å². The Morgan fingerprint density at radius 3 is 2.50 bits per heavy atom. The van der Waals surface area contributed by atoms with Gasteiger partial charge in [0, 0.05) is 19.1 Å². The van der Waals surface area contributed by atoms with Gasteiger partial charge in [0.05, 0.1) is 5.92 Å². The van der Waals surface area contributed by atoms with Gasteiger partial charge in [-0.1, -0.05) is 25.7 Å². The average Bonchev–Trinajstić information content (AvgIpc) is 3.13. The summed E-state index contributed by atoms with van der Waals surface area (Å²) >= 11 is 0. The molecular weight excluding hydrogens is 298 g/mol. The molecule has 2 heterocycles. The average molecular weight is 336 g/mol. The van der Waals surface area contributed by atoms with Crippen LogP contribution in [0.15, 0.2) is 0 Å². The molecule has 0 aromatic rings. The van der Waals surface area contributed by atoms with Crippen molar-refractivity contribution in [3.8, 4) is 0 Å². The quantitative estimate of drug-likeness (QED) is 0.758. The van der Waals surface area contributed by atoms with Gasteiger partial charge in [-0.25, -0.2) is 0 Å². The molecule has 138 valence electrons. The van der Waals surface area contributed by atoms with Crippen LogP contribution in [0.2, 0.25) is 0 Å². The van der Waals surface area contributed by atoms with E-state index in [2.05, 4.69) is 22.2 Å². The molecule has 3 fully saturated rings. The van der Waals surface area contributed by atoms with Gasteiger partial charge in [-0.05, 0) is 71.1 Å². The lowest BCUT2D eigenvalue weighted by Crippen LogP contribution is -2.50. The highest BCUT2D eigenvalue weighted by molar-refractivity contribution is 5.78. The van der Waals surface area contributed by atoms with E-state index in [0.717, 1.165) is 25.4 Å². The Kier molecular flexibility index (Phi) is 6.96. The minimum atomic E-state index is 0.227. The van der Waals surface area contributed by atoms with Crippen LogP contribution in [0.25, 0.3) is 0 Å². The van der Waals surface area contributed by atoms with Crippen LogP contribution in [0.5, 0.6) is 0 Å². The summed E-state index contributed by atoms with van der Waals surface area (Å²) in [6.07, 6.45) is 13.0. The zero-order chi connectivity index (χ0) is 16.8. The Labute approximate surface area is 148 Å². The van der Waals surface area contributed by atoms with Crippen molar-refractivity contribution in [1.29, 1.82) is 0 Å². The number of carbonyl (C=O) groups is 1. The third-order valence-corrected chi connectivity index (χ3v) is 6.59. The predicted octanol–water partition coefficient (Wildman–Crippen LogP) is 2.88. The lowest BCUT2D eigenvalue weighted by atomic mass is 9.93. The van der Waals surface area contributed by atoms with Crippen molar-refractivity contribution >= 4 is 5.91 Å². The molecular formula is C20H37N3O. The maximum atomic E-state index is 12.5. The summed E-state index contributed by atoms with van der Waals surface area (Å²) in [5.41, 5.74) is 0. The SMILES string of the molecule is CN1CCC(N2CCCC(C(=O)NCCCC3CCCC3)C2)CC1. The van der Waals surface area contributed by atoms with Gasteiger partial charge in [0.2, 0.25) is 5.91 Å². The monoisotopic (exact) mass is 335 g/mol. The van der Waals surface area contributed by atoms with Crippen molar-refractivity contribution in [2.24, 2.45) is 11.8 Å². The molecule has 1 amide bonds. The van der Waals surface area contributed by atoms with Crippen molar-refractivity contribution in [2.75, 3.05) is 39.8 Å². The first-order valence-corrected chi connectivity index (χ1v) is 10.4. The minimum Gasteiger partial charge on any atom is -0.356 e. The highest BCUT2D eigenvalue weighted by Gasteiger charge is 2.31. The van der Waals surface area contributed by atoms with Crippen molar-refractivity contribution in [1.82, 2.24) is 15.1 Å². The lowest BCUT2D eigenvalue weighted by molar-refractivity contribution is -0.127. The molecule has 0 aromatic heterocycles. The minimum absolute atomic E-state index is 0.227. The number of nitrogens with one attached hydrogen (secondary N) is 1. The van der Waals surface area contributed by atoms with Crippen molar-refractivity contribution in [3.05, 3.63) is 0 Å². The molecule has 2 aliphatic heterocycles. The number of hydrogen-bond donors (Lipinski definition) is 1. The van der Waals surface area contributed by atoms with Crippen molar-refractivity contribution in [2.45, 2.75) is 70.3 Å². The normalized spacial score (nSPS) is 28.3. The van der Waals surface area contributed by atoms with Gasteiger partial charge in [-0.2, -0.15) is 0 Å². The van der Waals surface area contributed by atoms with Gasteiger partial charge in [0.25, 0.3) is 0 Å². The van der Waals surface area contributed by atoms with Crippen LogP contribution in [-0.4, -0.2) is 61.5 Å². The van der Waals surface area contributed by atoms with Gasteiger partial charge in [-0.15, -0.1) is 0 Å². The maximum absolute atomic E-state index is 12.5. The second-order valence-electron chi connectivity index (χ2n) is 8.45. The summed E-state index contributed by atoms with van der Waals surface area (Å²) in [5.74, 6) is 1.49. The number of rotatable bonds is 6. The summed E-state index contributed by atoms with van der Waals surface area (Å²) in [6.45, 7) is 5.49. The number of amides is 1. The molecule has 4 nitrogen and oxygen atoms in total. The third-order valence-electron chi connectivity index (χ3n) is 6.59. The van der Waals surface area contributed by atoms with Gasteiger partial charge in [0.1, 0.15) is 0 Å². The lowest BCUT2D eigenvalue weighted by Gasteiger charge is -2.41. The summed E-state index contributed by atoms with van der Waals surface area (Å²) in [6, 6.07) is 0.708. The highest BCUT2D eigenvalue weighted by Crippen LogP contribution is 2.28. The smallest absolute Gasteiger partial charge is 0.224 e. The number of likely N-dealkylation sites (tertiary alicyclic amines) is 2. The van der Waals surface area contributed by atoms with Gasteiger partial charge < -0.3 is 10.2 Å². The van der Waals surface area contributed by atoms with E-state index in [9.17, 15) is 4.79 Å². The van der Waals surface area contributed by atoms with Crippen LogP contribution in [0, 0.1) is 11.8 Å². The molecule has 3 rings (SSSR count). The van der Waals surface area contributed by atoms with E-state index in [4.69, 9.17) is 0 Å². The Morgan fingerprint density at radius 1 is 1.00 bits per heavy atom. The second-order valence-corrected chi connectivity index (χ2v) is 8.45. The molecule has 0 radical (unpaired) electrons. The van der Waals surface area contributed by atoms with Crippen LogP contribution in [-0.2, 0) is 4.79 Å². The van der Waals surface area contributed by atoms with Crippen molar-refractivity contribution in [3.63, 3.8) is 0 Å². The van der Waals surface area contributed by atoms with E-state index in [1.165, 1.54) is 77.4 Å². The Hall–Kier alpha value is -0.610. The molecule has 3 aliphatic rings. The zero-order valence-corrected chi connectivity index (χ0v) is 15.6. The molecule has 1 N–H and O–H groups in total. The molecule has 1 saturated carbocycles. The number of piperidine rings is 2. The van der Waals surface area contributed by atoms with Crippen LogP contribution >= 0.6 is 0 Å². The largest absolute Gasteiger partial charge is 0.356 e. The van der Waals surface area contributed by atoms with Crippen LogP contribution in [0.4, 0.5) is 0 Å². The molecule has 2 saturated heterocycles. The molecule has 1 unspecified atom stereocenters. The second kappa shape index (κ2) is 9.19. The Bertz CT molecular complexity index is 386. The van der Waals surface area contributed by atoms with Crippen molar-refractivity contribution < 1.29 is 4.79 Å². The predicted molar refractivity (Wildman–Crippen MR) is 99.0 cm³/mol. The molecule has 0 aromatic carbocycles. The van der Waals surface area contributed by atoms with E-state index in [0.29, 0.717) is 11.9 Å². The third kappa shape index (κ3) is 5.19. The first kappa shape index (κ1) is 18.2. The standard InChI is InChI=1S/C20H37N3O/c1-22-14-10-19(11-15-22)23-13-5-9-18(16-23)20(24)21-12-4-8-17-6-2-3-7-17/h17-19H,2-16H2,1H3,(H,21,24). The summed E-state index contributed by atoms with van der Waals surface area (Å²) in [7, 11) is 2.22. The fourth-order valence-corrected chi connectivity index (χ4v) is 4.96. The first-order valence-electron chi connectivity index (χ1n) is 10.4. The fourth-order valence-electron chi connectivity index (χ4n) is 4.96. The fraction of sp³-hybridized carbons (Fsp3) is 0.950. The van der Waals surface area contributed by atoms with E-state index in [1.54, 1.807) is 0 Å². The summed E-state index contributed by atoms with van der Waals surface area (Å²) < 4.78 is 0. The van der Waals surface area contributed by atoms with Gasteiger partial charge in [0.15, 0.2) is 0 Å². The van der Waals surface area contributed by atoms with Crippen LogP contribution < -0.4 is 5.32 Å². The number of carbonyl (C=O) groups excluding carboxylic acids is 1. The Balaban J connectivity index is 1.35. The zero-order valence-electron chi connectivity index (χ0n) is 15.6. The van der Waals surface area contributed by atoms with Gasteiger partial charge in [-0.3, -0.25) is 9.69 Å². The van der Waals surface area contributed by atoms with E-state index < -0.39 is 0 Å². The molecule has 24 heavy (non-hydrogen) atoms. The molecule has 1 atom stereocenters. The van der Waals surface area contributed by atoms with E-state index in [1.807, 2.05) is 0 Å². The topological polar surface area (TPSA) is 35.6 Å². The highest BCUT2D eigenvalue weighted by atomic mass is 16.1. The molecule has 0 bridgehead atoms. The number of hydrogen-bond acceptors (Lipinski definition) is 3. The van der Waals surface area contributed by atoms with Crippen LogP contribution in [0.1, 0.15) is 64.2 Å². The first-order chi connectivity index (χ1) is 11.7. The summed E-state index contributed by atoms with van der Waals surface area (Å²) in [5, 5.41) is 3.23. The number of nitrogens with zero attached hydrogens (tertiary/aromatic N) is 2. The summed E-state index contributed by atoms with van der Waals surface area (Å²) in [4.78, 5) is 17.6.